The zero-order valence-electron chi connectivity index (χ0n) is 14.0. The molecule has 3 heterocycles. The minimum atomic E-state index is 0.123. The standard InChI is InChI=1S/C19H19N5O/c1-13-3-2-4-14(9-13)18-21-10-15(11-22-18)19-20-7-8-24(19)12-16-5-6-17(25)23-16/h2-4,7-11,16H,5-6,12H2,1H3,(H,23,25). The van der Waals surface area contributed by atoms with Crippen molar-refractivity contribution < 1.29 is 4.79 Å². The van der Waals surface area contributed by atoms with Gasteiger partial charge in [-0.2, -0.15) is 0 Å². The molecule has 3 aromatic rings. The molecule has 1 fully saturated rings. The Hall–Kier alpha value is -3.02. The third-order valence-electron chi connectivity index (χ3n) is 4.40. The largest absolute Gasteiger partial charge is 0.352 e. The Labute approximate surface area is 146 Å². The summed E-state index contributed by atoms with van der Waals surface area (Å²) in [4.78, 5) is 24.8. The monoisotopic (exact) mass is 333 g/mol. The zero-order chi connectivity index (χ0) is 17.2. The molecule has 4 rings (SSSR count). The van der Waals surface area contributed by atoms with Gasteiger partial charge >= 0.3 is 0 Å². The minimum absolute atomic E-state index is 0.123. The highest BCUT2D eigenvalue weighted by Crippen LogP contribution is 2.21. The molecule has 1 amide bonds. The fourth-order valence-electron chi connectivity index (χ4n) is 3.15. The van der Waals surface area contributed by atoms with Crippen molar-refractivity contribution >= 4 is 5.91 Å². The fraction of sp³-hybridized carbons (Fsp3) is 0.263. The van der Waals surface area contributed by atoms with Crippen molar-refractivity contribution in [1.29, 1.82) is 0 Å². The molecule has 1 aromatic carbocycles. The Kier molecular flexibility index (Phi) is 4.01. The molecule has 1 N–H and O–H groups in total. The van der Waals surface area contributed by atoms with Gasteiger partial charge in [-0.05, 0) is 19.4 Å². The van der Waals surface area contributed by atoms with E-state index in [-0.39, 0.29) is 11.9 Å². The molecule has 25 heavy (non-hydrogen) atoms. The average molecular weight is 333 g/mol. The van der Waals surface area contributed by atoms with Crippen LogP contribution in [0.15, 0.2) is 49.1 Å². The summed E-state index contributed by atoms with van der Waals surface area (Å²) in [5.41, 5.74) is 3.05. The van der Waals surface area contributed by atoms with Crippen LogP contribution in [0, 0.1) is 6.92 Å². The first-order valence-electron chi connectivity index (χ1n) is 8.39. The summed E-state index contributed by atoms with van der Waals surface area (Å²) in [5.74, 6) is 1.64. The second kappa shape index (κ2) is 6.47. The molecule has 0 saturated carbocycles. The van der Waals surface area contributed by atoms with Crippen LogP contribution in [0.2, 0.25) is 0 Å². The Bertz CT molecular complexity index is 900. The molecule has 1 unspecified atom stereocenters. The first kappa shape index (κ1) is 15.5. The molecule has 126 valence electrons. The summed E-state index contributed by atoms with van der Waals surface area (Å²) < 4.78 is 2.04. The van der Waals surface area contributed by atoms with Crippen LogP contribution in [0.5, 0.6) is 0 Å². The third kappa shape index (κ3) is 3.28. The number of nitrogens with zero attached hydrogens (tertiary/aromatic N) is 4. The predicted octanol–water partition coefficient (Wildman–Crippen LogP) is 2.59. The second-order valence-corrected chi connectivity index (χ2v) is 6.37. The number of aromatic nitrogens is 4. The normalized spacial score (nSPS) is 16.8. The van der Waals surface area contributed by atoms with Crippen LogP contribution in [-0.2, 0) is 11.3 Å². The van der Waals surface area contributed by atoms with Crippen LogP contribution in [0.3, 0.4) is 0 Å². The summed E-state index contributed by atoms with van der Waals surface area (Å²) in [6.07, 6.45) is 8.75. The summed E-state index contributed by atoms with van der Waals surface area (Å²) in [5, 5.41) is 2.99. The van der Waals surface area contributed by atoms with Gasteiger partial charge in [-0.3, -0.25) is 4.79 Å². The number of hydrogen-bond donors (Lipinski definition) is 1. The number of rotatable bonds is 4. The molecular weight excluding hydrogens is 314 g/mol. The number of amides is 1. The number of carbonyl (C=O) groups excluding carboxylic acids is 1. The van der Waals surface area contributed by atoms with E-state index in [4.69, 9.17) is 0 Å². The van der Waals surface area contributed by atoms with Crippen molar-refractivity contribution in [3.63, 3.8) is 0 Å². The molecule has 6 nitrogen and oxygen atoms in total. The summed E-state index contributed by atoms with van der Waals surface area (Å²) in [6, 6.07) is 8.29. The van der Waals surface area contributed by atoms with Crippen LogP contribution in [0.25, 0.3) is 22.8 Å². The molecule has 1 atom stereocenters. The van der Waals surface area contributed by atoms with Crippen LogP contribution < -0.4 is 5.32 Å². The van der Waals surface area contributed by atoms with Crippen LogP contribution >= 0.6 is 0 Å². The lowest BCUT2D eigenvalue weighted by molar-refractivity contribution is -0.119. The molecular formula is C19H19N5O. The van der Waals surface area contributed by atoms with E-state index >= 15 is 0 Å². The highest BCUT2D eigenvalue weighted by atomic mass is 16.1. The molecule has 0 bridgehead atoms. The van der Waals surface area contributed by atoms with Crippen molar-refractivity contribution in [3.05, 3.63) is 54.6 Å². The van der Waals surface area contributed by atoms with Crippen molar-refractivity contribution in [2.24, 2.45) is 0 Å². The van der Waals surface area contributed by atoms with E-state index in [1.54, 1.807) is 18.6 Å². The molecule has 6 heteroatoms. The Morgan fingerprint density at radius 3 is 2.76 bits per heavy atom. The second-order valence-electron chi connectivity index (χ2n) is 6.37. The number of imidazole rings is 1. The molecule has 0 radical (unpaired) electrons. The van der Waals surface area contributed by atoms with E-state index in [0.717, 1.165) is 23.4 Å². The lowest BCUT2D eigenvalue weighted by Crippen LogP contribution is -2.29. The van der Waals surface area contributed by atoms with Gasteiger partial charge in [0.2, 0.25) is 5.91 Å². The molecule has 0 spiro atoms. The van der Waals surface area contributed by atoms with Crippen molar-refractivity contribution in [2.45, 2.75) is 32.4 Å². The first-order valence-corrected chi connectivity index (χ1v) is 8.39. The number of carbonyl (C=O) groups is 1. The van der Waals surface area contributed by atoms with Crippen molar-refractivity contribution in [3.8, 4) is 22.8 Å². The Morgan fingerprint density at radius 1 is 1.20 bits per heavy atom. The maximum Gasteiger partial charge on any atom is 0.220 e. The highest BCUT2D eigenvalue weighted by Gasteiger charge is 2.22. The lowest BCUT2D eigenvalue weighted by atomic mass is 10.1. The van der Waals surface area contributed by atoms with Gasteiger partial charge in [0.15, 0.2) is 5.82 Å². The van der Waals surface area contributed by atoms with Gasteiger partial charge in [-0.1, -0.05) is 23.8 Å². The maximum atomic E-state index is 11.4. The number of aryl methyl sites for hydroxylation is 1. The van der Waals surface area contributed by atoms with Gasteiger partial charge in [0.1, 0.15) is 5.82 Å². The smallest absolute Gasteiger partial charge is 0.220 e. The van der Waals surface area contributed by atoms with E-state index in [9.17, 15) is 4.79 Å². The summed E-state index contributed by atoms with van der Waals surface area (Å²) in [7, 11) is 0. The van der Waals surface area contributed by atoms with Crippen LogP contribution in [0.4, 0.5) is 0 Å². The SMILES string of the molecule is Cc1cccc(-c2ncc(-c3nccn3CC3CCC(=O)N3)cn2)c1. The zero-order valence-corrected chi connectivity index (χ0v) is 14.0. The molecule has 0 aliphatic carbocycles. The number of hydrogen-bond acceptors (Lipinski definition) is 4. The molecule has 1 aliphatic heterocycles. The first-order chi connectivity index (χ1) is 12.2. The van der Waals surface area contributed by atoms with Crippen LogP contribution in [-0.4, -0.2) is 31.5 Å². The Balaban J connectivity index is 1.57. The van der Waals surface area contributed by atoms with E-state index < -0.39 is 0 Å². The van der Waals surface area contributed by atoms with Gasteiger partial charge in [0.25, 0.3) is 0 Å². The quantitative estimate of drug-likeness (QED) is 0.796. The van der Waals surface area contributed by atoms with E-state index in [2.05, 4.69) is 39.3 Å². The number of benzene rings is 1. The van der Waals surface area contributed by atoms with Gasteiger partial charge in [-0.15, -0.1) is 0 Å². The van der Waals surface area contributed by atoms with Crippen molar-refractivity contribution in [1.82, 2.24) is 24.8 Å². The predicted molar refractivity (Wildman–Crippen MR) is 94.6 cm³/mol. The molecule has 1 aliphatic rings. The number of nitrogens with one attached hydrogen (secondary N) is 1. The molecule has 2 aromatic heterocycles. The summed E-state index contributed by atoms with van der Waals surface area (Å²) >= 11 is 0. The third-order valence-corrected chi connectivity index (χ3v) is 4.40. The highest BCUT2D eigenvalue weighted by molar-refractivity contribution is 5.78. The Morgan fingerprint density at radius 2 is 2.04 bits per heavy atom. The molecule has 1 saturated heterocycles. The van der Waals surface area contributed by atoms with Crippen molar-refractivity contribution in [2.75, 3.05) is 0 Å². The van der Waals surface area contributed by atoms with E-state index in [1.807, 2.05) is 22.9 Å². The van der Waals surface area contributed by atoms with E-state index in [0.29, 0.717) is 18.8 Å². The summed E-state index contributed by atoms with van der Waals surface area (Å²) in [6.45, 7) is 2.76. The fourth-order valence-corrected chi connectivity index (χ4v) is 3.15. The van der Waals surface area contributed by atoms with Gasteiger partial charge in [0.05, 0.1) is 5.56 Å². The lowest BCUT2D eigenvalue weighted by Gasteiger charge is -2.13. The van der Waals surface area contributed by atoms with E-state index in [1.165, 1.54) is 5.56 Å². The maximum absolute atomic E-state index is 11.4. The minimum Gasteiger partial charge on any atom is -0.352 e. The van der Waals surface area contributed by atoms with Gasteiger partial charge in [-0.25, -0.2) is 15.0 Å². The topological polar surface area (TPSA) is 72.7 Å². The average Bonchev–Trinajstić information content (AvgIpc) is 3.24. The van der Waals surface area contributed by atoms with Gasteiger partial charge in [0, 0.05) is 49.4 Å². The van der Waals surface area contributed by atoms with Crippen LogP contribution in [0.1, 0.15) is 18.4 Å². The van der Waals surface area contributed by atoms with Gasteiger partial charge < -0.3 is 9.88 Å².